The Balaban J connectivity index is 2.36. The standard InChI is InChI=1S/C14H19BrN4OS/c1-8(2)19-13(20)17-18-14(19)21-12(9(3)16)10-5-4-6-11(15)7-10/h4-9,12H,16H2,1-3H3,(H,17,20). The Bertz CT molecular complexity index is 665. The minimum atomic E-state index is -0.190. The van der Waals surface area contributed by atoms with Gasteiger partial charge in [-0.3, -0.25) is 4.57 Å². The van der Waals surface area contributed by atoms with Crippen molar-refractivity contribution in [2.24, 2.45) is 5.73 Å². The summed E-state index contributed by atoms with van der Waals surface area (Å²) < 4.78 is 2.66. The normalized spacial score (nSPS) is 14.4. The third-order valence-corrected chi connectivity index (χ3v) is 5.02. The SMILES string of the molecule is CC(N)C(Sc1n[nH]c(=O)n1C(C)C)c1cccc(Br)c1. The van der Waals surface area contributed by atoms with Gasteiger partial charge in [-0.25, -0.2) is 9.89 Å². The molecule has 2 rings (SSSR count). The Hall–Kier alpha value is -1.05. The van der Waals surface area contributed by atoms with E-state index in [1.54, 1.807) is 4.57 Å². The lowest BCUT2D eigenvalue weighted by Crippen LogP contribution is -2.24. The zero-order chi connectivity index (χ0) is 15.6. The maximum absolute atomic E-state index is 11.8. The monoisotopic (exact) mass is 370 g/mol. The number of nitrogens with two attached hydrogens (primary N) is 1. The van der Waals surface area contributed by atoms with Crippen molar-refractivity contribution in [3.63, 3.8) is 0 Å². The molecule has 0 saturated carbocycles. The summed E-state index contributed by atoms with van der Waals surface area (Å²) in [5.74, 6) is 0. The van der Waals surface area contributed by atoms with Gasteiger partial charge in [-0.2, -0.15) is 0 Å². The first-order valence-corrected chi connectivity index (χ1v) is 8.42. The molecule has 2 atom stereocenters. The van der Waals surface area contributed by atoms with Crippen LogP contribution in [0.4, 0.5) is 0 Å². The Morgan fingerprint density at radius 2 is 2.10 bits per heavy atom. The fraction of sp³-hybridized carbons (Fsp3) is 0.429. The highest BCUT2D eigenvalue weighted by Gasteiger charge is 2.22. The summed E-state index contributed by atoms with van der Waals surface area (Å²) in [7, 11) is 0. The molecule has 3 N–H and O–H groups in total. The first-order chi connectivity index (χ1) is 9.90. The number of nitrogens with zero attached hydrogens (tertiary/aromatic N) is 2. The second-order valence-corrected chi connectivity index (χ2v) is 7.25. The van der Waals surface area contributed by atoms with E-state index in [0.29, 0.717) is 5.16 Å². The molecular formula is C14H19BrN4OS. The summed E-state index contributed by atoms with van der Waals surface area (Å²) in [6.07, 6.45) is 0. The third-order valence-electron chi connectivity index (χ3n) is 3.08. The van der Waals surface area contributed by atoms with Crippen molar-refractivity contribution in [1.82, 2.24) is 14.8 Å². The van der Waals surface area contributed by atoms with Gasteiger partial charge in [-0.15, -0.1) is 5.10 Å². The van der Waals surface area contributed by atoms with Crippen molar-refractivity contribution >= 4 is 27.7 Å². The number of hydrogen-bond donors (Lipinski definition) is 2. The van der Waals surface area contributed by atoms with E-state index in [9.17, 15) is 4.79 Å². The molecule has 21 heavy (non-hydrogen) atoms. The number of benzene rings is 1. The van der Waals surface area contributed by atoms with E-state index in [0.717, 1.165) is 10.0 Å². The van der Waals surface area contributed by atoms with Crippen molar-refractivity contribution in [2.45, 2.75) is 43.3 Å². The van der Waals surface area contributed by atoms with Crippen LogP contribution < -0.4 is 11.4 Å². The molecule has 0 saturated heterocycles. The van der Waals surface area contributed by atoms with Gasteiger partial charge in [0.25, 0.3) is 0 Å². The van der Waals surface area contributed by atoms with E-state index in [-0.39, 0.29) is 23.0 Å². The van der Waals surface area contributed by atoms with Crippen molar-refractivity contribution < 1.29 is 0 Å². The second kappa shape index (κ2) is 6.81. The first kappa shape index (κ1) is 16.3. The number of nitrogens with one attached hydrogen (secondary N) is 1. The topological polar surface area (TPSA) is 76.7 Å². The number of aromatic nitrogens is 3. The third kappa shape index (κ3) is 3.78. The van der Waals surface area contributed by atoms with E-state index < -0.39 is 0 Å². The largest absolute Gasteiger partial charge is 0.344 e. The van der Waals surface area contributed by atoms with E-state index in [2.05, 4.69) is 26.1 Å². The van der Waals surface area contributed by atoms with Gasteiger partial charge in [0.05, 0.1) is 5.25 Å². The van der Waals surface area contributed by atoms with Crippen LogP contribution in [0, 0.1) is 0 Å². The molecule has 0 aliphatic heterocycles. The zero-order valence-corrected chi connectivity index (χ0v) is 14.6. The Labute approximate surface area is 136 Å². The molecule has 1 aromatic carbocycles. The maximum Gasteiger partial charge on any atom is 0.344 e. The van der Waals surface area contributed by atoms with Crippen molar-refractivity contribution in [3.05, 3.63) is 44.8 Å². The number of halogens is 1. The fourth-order valence-electron chi connectivity index (χ4n) is 2.10. The molecular weight excluding hydrogens is 352 g/mol. The minimum Gasteiger partial charge on any atom is -0.327 e. The molecule has 1 aromatic heterocycles. The summed E-state index contributed by atoms with van der Waals surface area (Å²) in [5.41, 5.74) is 7.06. The summed E-state index contributed by atoms with van der Waals surface area (Å²) >= 11 is 4.99. The molecule has 0 fully saturated rings. The van der Waals surface area contributed by atoms with Crippen LogP contribution in [0.2, 0.25) is 0 Å². The van der Waals surface area contributed by atoms with Crippen molar-refractivity contribution in [2.75, 3.05) is 0 Å². The Kier molecular flexibility index (Phi) is 5.29. The van der Waals surface area contributed by atoms with Crippen LogP contribution in [-0.2, 0) is 0 Å². The molecule has 0 spiro atoms. The van der Waals surface area contributed by atoms with E-state index >= 15 is 0 Å². The predicted octanol–water partition coefficient (Wildman–Crippen LogP) is 3.10. The molecule has 5 nitrogen and oxygen atoms in total. The highest BCUT2D eigenvalue weighted by atomic mass is 79.9. The van der Waals surface area contributed by atoms with Crippen LogP contribution in [0.3, 0.4) is 0 Å². The molecule has 0 bridgehead atoms. The molecule has 0 radical (unpaired) electrons. The van der Waals surface area contributed by atoms with Crippen LogP contribution >= 0.6 is 27.7 Å². The number of aromatic amines is 1. The van der Waals surface area contributed by atoms with Crippen molar-refractivity contribution in [1.29, 1.82) is 0 Å². The highest BCUT2D eigenvalue weighted by molar-refractivity contribution is 9.10. The van der Waals surface area contributed by atoms with Crippen LogP contribution in [0.1, 0.15) is 37.6 Å². The summed E-state index contributed by atoms with van der Waals surface area (Å²) in [6.45, 7) is 5.88. The van der Waals surface area contributed by atoms with E-state index in [1.165, 1.54) is 11.8 Å². The highest BCUT2D eigenvalue weighted by Crippen LogP contribution is 2.37. The predicted molar refractivity (Wildman–Crippen MR) is 89.6 cm³/mol. The van der Waals surface area contributed by atoms with Gasteiger partial charge in [-0.1, -0.05) is 39.8 Å². The fourth-order valence-corrected chi connectivity index (χ4v) is 3.75. The lowest BCUT2D eigenvalue weighted by Gasteiger charge is -2.21. The quantitative estimate of drug-likeness (QED) is 0.792. The second-order valence-electron chi connectivity index (χ2n) is 5.23. The average molecular weight is 371 g/mol. The Morgan fingerprint density at radius 1 is 1.38 bits per heavy atom. The van der Waals surface area contributed by atoms with Gasteiger partial charge in [0.15, 0.2) is 5.16 Å². The van der Waals surface area contributed by atoms with Gasteiger partial charge in [0.2, 0.25) is 0 Å². The molecule has 2 unspecified atom stereocenters. The molecule has 7 heteroatoms. The van der Waals surface area contributed by atoms with E-state index in [4.69, 9.17) is 5.73 Å². The lowest BCUT2D eigenvalue weighted by atomic mass is 10.1. The van der Waals surface area contributed by atoms with Gasteiger partial charge in [0, 0.05) is 16.6 Å². The minimum absolute atomic E-state index is 0.0233. The van der Waals surface area contributed by atoms with Gasteiger partial charge < -0.3 is 5.73 Å². The van der Waals surface area contributed by atoms with Crippen molar-refractivity contribution in [3.8, 4) is 0 Å². The molecule has 0 aliphatic rings. The summed E-state index contributed by atoms with van der Waals surface area (Å²) in [6, 6.07) is 8.02. The molecule has 1 heterocycles. The number of hydrogen-bond acceptors (Lipinski definition) is 4. The molecule has 0 amide bonds. The maximum atomic E-state index is 11.8. The van der Waals surface area contributed by atoms with Gasteiger partial charge in [-0.05, 0) is 38.5 Å². The summed E-state index contributed by atoms with van der Waals surface area (Å²) in [5, 5.41) is 7.33. The van der Waals surface area contributed by atoms with Crippen LogP contribution in [-0.4, -0.2) is 20.8 Å². The zero-order valence-electron chi connectivity index (χ0n) is 12.2. The molecule has 114 valence electrons. The average Bonchev–Trinajstić information content (AvgIpc) is 2.76. The number of H-pyrrole nitrogens is 1. The van der Waals surface area contributed by atoms with Crippen LogP contribution in [0.15, 0.2) is 38.7 Å². The number of rotatable bonds is 5. The smallest absolute Gasteiger partial charge is 0.327 e. The van der Waals surface area contributed by atoms with Crippen LogP contribution in [0.25, 0.3) is 0 Å². The van der Waals surface area contributed by atoms with Gasteiger partial charge in [0.1, 0.15) is 0 Å². The Morgan fingerprint density at radius 3 is 2.67 bits per heavy atom. The van der Waals surface area contributed by atoms with E-state index in [1.807, 2.05) is 45.0 Å². The summed E-state index contributed by atoms with van der Waals surface area (Å²) in [4.78, 5) is 11.8. The number of thioether (sulfide) groups is 1. The lowest BCUT2D eigenvalue weighted by molar-refractivity contribution is 0.532. The molecule has 0 aliphatic carbocycles. The first-order valence-electron chi connectivity index (χ1n) is 6.74. The van der Waals surface area contributed by atoms with Gasteiger partial charge >= 0.3 is 5.69 Å². The van der Waals surface area contributed by atoms with Crippen LogP contribution in [0.5, 0.6) is 0 Å². The molecule has 2 aromatic rings.